The van der Waals surface area contributed by atoms with Crippen LogP contribution >= 0.6 is 0 Å². The molecule has 0 N–H and O–H groups in total. The van der Waals surface area contributed by atoms with Crippen molar-refractivity contribution in [1.82, 2.24) is 0 Å². The summed E-state index contributed by atoms with van der Waals surface area (Å²) in [5.41, 5.74) is 0.249. The van der Waals surface area contributed by atoms with E-state index in [1.165, 1.54) is 103 Å². The first kappa shape index (κ1) is 40.8. The summed E-state index contributed by atoms with van der Waals surface area (Å²) in [6.07, 6.45) is 46.8. The molecule has 43 heavy (non-hydrogen) atoms. The molecule has 0 aromatic heterocycles. The molecule has 0 amide bonds. The summed E-state index contributed by atoms with van der Waals surface area (Å²) in [7, 11) is 0. The normalized spacial score (nSPS) is 12.7. The van der Waals surface area contributed by atoms with Crippen LogP contribution in [0.15, 0.2) is 60.8 Å². The molecule has 246 valence electrons. The maximum Gasteiger partial charge on any atom is 0.340 e. The molecular weight excluding hydrogens is 528 g/mol. The third-order valence-electron chi connectivity index (χ3n) is 7.88. The van der Waals surface area contributed by atoms with Crippen LogP contribution in [0.3, 0.4) is 0 Å². The Morgan fingerprint density at radius 3 is 1.56 bits per heavy atom. The van der Waals surface area contributed by atoms with Gasteiger partial charge in [-0.05, 0) is 58.3 Å². The second-order valence-corrected chi connectivity index (χ2v) is 12.3. The molecule has 0 fully saturated rings. The first-order valence-corrected chi connectivity index (χ1v) is 18.1. The van der Waals surface area contributed by atoms with Crippen LogP contribution in [0.5, 0.6) is 0 Å². The summed E-state index contributed by atoms with van der Waals surface area (Å²) in [6.45, 7) is 9.67. The zero-order valence-electron chi connectivity index (χ0n) is 28.6. The highest BCUT2D eigenvalue weighted by Gasteiger charge is 2.20. The van der Waals surface area contributed by atoms with E-state index < -0.39 is 17.9 Å². The third kappa shape index (κ3) is 29.7. The van der Waals surface area contributed by atoms with Crippen molar-refractivity contribution in [1.29, 1.82) is 0 Å². The molecule has 0 aliphatic carbocycles. The van der Waals surface area contributed by atoms with Crippen LogP contribution in [0.1, 0.15) is 175 Å². The number of esters is 2. The van der Waals surface area contributed by atoms with E-state index in [-0.39, 0.29) is 5.57 Å². The van der Waals surface area contributed by atoms with Crippen LogP contribution in [0.25, 0.3) is 0 Å². The van der Waals surface area contributed by atoms with Gasteiger partial charge in [0.1, 0.15) is 0 Å². The highest BCUT2D eigenvalue weighted by Crippen LogP contribution is 2.17. The lowest BCUT2D eigenvalue weighted by molar-refractivity contribution is -0.159. The summed E-state index contributed by atoms with van der Waals surface area (Å²) in [6, 6.07) is 0. The SMILES string of the molecule is C=C(C)C(=O)OC(=O)C(/C=C/C=C/CCCCCCCCCCCCCC)CCCCCC/C=C\C/C=C\CCCCC. The van der Waals surface area contributed by atoms with Crippen molar-refractivity contribution in [2.75, 3.05) is 0 Å². The molecule has 0 saturated carbocycles. The van der Waals surface area contributed by atoms with Gasteiger partial charge >= 0.3 is 11.9 Å². The van der Waals surface area contributed by atoms with Gasteiger partial charge in [-0.15, -0.1) is 0 Å². The van der Waals surface area contributed by atoms with E-state index in [0.29, 0.717) is 6.42 Å². The van der Waals surface area contributed by atoms with Crippen molar-refractivity contribution in [2.45, 2.75) is 175 Å². The second kappa shape index (κ2) is 32.7. The predicted octanol–water partition coefficient (Wildman–Crippen LogP) is 12.9. The minimum Gasteiger partial charge on any atom is -0.389 e. The second-order valence-electron chi connectivity index (χ2n) is 12.3. The van der Waals surface area contributed by atoms with E-state index in [9.17, 15) is 9.59 Å². The lowest BCUT2D eigenvalue weighted by Gasteiger charge is -2.11. The molecule has 0 bridgehead atoms. The van der Waals surface area contributed by atoms with E-state index in [2.05, 4.69) is 50.8 Å². The molecule has 0 aliphatic heterocycles. The molecule has 0 rings (SSSR count). The lowest BCUT2D eigenvalue weighted by Crippen LogP contribution is -2.20. The summed E-state index contributed by atoms with van der Waals surface area (Å²) in [5.74, 6) is -1.50. The number of hydrogen-bond acceptors (Lipinski definition) is 3. The zero-order valence-corrected chi connectivity index (χ0v) is 28.6. The van der Waals surface area contributed by atoms with Crippen LogP contribution in [0, 0.1) is 5.92 Å². The Bertz CT molecular complexity index is 786. The highest BCUT2D eigenvalue weighted by molar-refractivity contribution is 5.96. The van der Waals surface area contributed by atoms with Crippen molar-refractivity contribution < 1.29 is 14.3 Å². The van der Waals surface area contributed by atoms with Gasteiger partial charge in [0.2, 0.25) is 0 Å². The van der Waals surface area contributed by atoms with Crippen LogP contribution in [-0.4, -0.2) is 11.9 Å². The Hall–Kier alpha value is -2.16. The van der Waals surface area contributed by atoms with E-state index in [1.54, 1.807) is 6.92 Å². The molecule has 3 nitrogen and oxygen atoms in total. The zero-order chi connectivity index (χ0) is 31.6. The number of hydrogen-bond donors (Lipinski definition) is 0. The molecule has 0 spiro atoms. The first-order valence-electron chi connectivity index (χ1n) is 18.1. The third-order valence-corrected chi connectivity index (χ3v) is 7.88. The average molecular weight is 597 g/mol. The molecule has 0 aromatic carbocycles. The monoisotopic (exact) mass is 597 g/mol. The smallest absolute Gasteiger partial charge is 0.340 e. The Labute approximate surface area is 267 Å². The standard InChI is InChI=1S/C40H68O3/c1-5-7-9-11-13-15-17-19-21-22-24-26-28-30-32-34-36-38(40(42)43-39(41)37(3)4)35-33-31-29-27-25-23-20-18-16-14-12-10-8-6-2/h14,16,20,23,30,32,34,36,38H,3,5-13,15,17-19,21-22,24-29,31,33,35H2,1-2,4H3/b16-14-,23-20-,32-30+,36-34+. The van der Waals surface area contributed by atoms with E-state index in [4.69, 9.17) is 4.74 Å². The van der Waals surface area contributed by atoms with Crippen molar-refractivity contribution in [2.24, 2.45) is 5.92 Å². The number of rotatable bonds is 30. The van der Waals surface area contributed by atoms with Crippen molar-refractivity contribution in [3.05, 3.63) is 60.8 Å². The van der Waals surface area contributed by atoms with Gasteiger partial charge in [-0.1, -0.05) is 172 Å². The van der Waals surface area contributed by atoms with Gasteiger partial charge in [0.15, 0.2) is 0 Å². The molecule has 0 saturated heterocycles. The maximum atomic E-state index is 12.6. The Kier molecular flexibility index (Phi) is 31.1. The van der Waals surface area contributed by atoms with Gasteiger partial charge in [-0.2, -0.15) is 0 Å². The number of carbonyl (C=O) groups is 2. The number of carbonyl (C=O) groups excluding carboxylic acids is 2. The summed E-state index contributed by atoms with van der Waals surface area (Å²) >= 11 is 0. The van der Waals surface area contributed by atoms with Crippen LogP contribution < -0.4 is 0 Å². The fourth-order valence-corrected chi connectivity index (χ4v) is 5.02. The maximum absolute atomic E-state index is 12.6. The van der Waals surface area contributed by atoms with Gasteiger partial charge in [0.05, 0.1) is 5.92 Å². The Balaban J connectivity index is 4.17. The fraction of sp³-hybridized carbons (Fsp3) is 0.700. The number of unbranched alkanes of at least 4 members (excludes halogenated alkanes) is 19. The average Bonchev–Trinajstić information content (AvgIpc) is 2.99. The van der Waals surface area contributed by atoms with Gasteiger partial charge < -0.3 is 4.74 Å². The van der Waals surface area contributed by atoms with Gasteiger partial charge in [-0.3, -0.25) is 4.79 Å². The number of ether oxygens (including phenoxy) is 1. The highest BCUT2D eigenvalue weighted by atomic mass is 16.6. The minimum absolute atomic E-state index is 0.249. The largest absolute Gasteiger partial charge is 0.389 e. The predicted molar refractivity (Wildman–Crippen MR) is 188 cm³/mol. The van der Waals surface area contributed by atoms with E-state index in [1.807, 2.05) is 18.2 Å². The Morgan fingerprint density at radius 1 is 0.581 bits per heavy atom. The molecule has 0 heterocycles. The quantitative estimate of drug-likeness (QED) is 0.0207. The molecule has 1 unspecified atom stereocenters. The molecular formula is C40H68O3. The van der Waals surface area contributed by atoms with Crippen molar-refractivity contribution in [3.63, 3.8) is 0 Å². The lowest BCUT2D eigenvalue weighted by atomic mass is 9.99. The van der Waals surface area contributed by atoms with Crippen LogP contribution in [0.2, 0.25) is 0 Å². The molecule has 0 radical (unpaired) electrons. The van der Waals surface area contributed by atoms with E-state index in [0.717, 1.165) is 44.9 Å². The van der Waals surface area contributed by atoms with Crippen LogP contribution in [-0.2, 0) is 14.3 Å². The van der Waals surface area contributed by atoms with Gasteiger partial charge in [0, 0.05) is 5.57 Å². The minimum atomic E-state index is -0.631. The first-order chi connectivity index (χ1) is 21.0. The summed E-state index contributed by atoms with van der Waals surface area (Å²) < 4.78 is 5.06. The van der Waals surface area contributed by atoms with Gasteiger partial charge in [0.25, 0.3) is 0 Å². The molecule has 0 aliphatic rings. The topological polar surface area (TPSA) is 43.4 Å². The summed E-state index contributed by atoms with van der Waals surface area (Å²) in [4.78, 5) is 24.5. The Morgan fingerprint density at radius 2 is 1.02 bits per heavy atom. The molecule has 1 atom stereocenters. The van der Waals surface area contributed by atoms with Crippen molar-refractivity contribution in [3.8, 4) is 0 Å². The van der Waals surface area contributed by atoms with Gasteiger partial charge in [-0.25, -0.2) is 4.79 Å². The molecule has 3 heteroatoms. The van der Waals surface area contributed by atoms with Crippen LogP contribution in [0.4, 0.5) is 0 Å². The molecule has 0 aromatic rings. The fourth-order valence-electron chi connectivity index (χ4n) is 5.02. The number of allylic oxidation sites excluding steroid dienone is 7. The van der Waals surface area contributed by atoms with Crippen molar-refractivity contribution >= 4 is 11.9 Å². The van der Waals surface area contributed by atoms with E-state index >= 15 is 0 Å². The summed E-state index contributed by atoms with van der Waals surface area (Å²) in [5, 5.41) is 0.